The van der Waals surface area contributed by atoms with Gasteiger partial charge in [-0.05, 0) is 44.2 Å². The van der Waals surface area contributed by atoms with E-state index in [-0.39, 0.29) is 5.91 Å². The molecule has 2 heterocycles. The van der Waals surface area contributed by atoms with E-state index < -0.39 is 0 Å². The van der Waals surface area contributed by atoms with Crippen molar-refractivity contribution < 1.29 is 4.79 Å². The number of likely N-dealkylation sites (tertiary alicyclic amines) is 1. The Balaban J connectivity index is 1.87. The molecule has 2 atom stereocenters. The molecule has 0 saturated carbocycles. The molecule has 0 radical (unpaired) electrons. The van der Waals surface area contributed by atoms with E-state index in [1.807, 2.05) is 11.9 Å². The standard InChI is InChI=1S/C15H24N2OS/c1-12-6-4-8-17(10-12)15(18)11-16(3)13(2)14-7-5-9-19-14/h5,7,9,12-13H,4,6,8,10-11H2,1-3H3. The van der Waals surface area contributed by atoms with Gasteiger partial charge in [0.25, 0.3) is 0 Å². The average molecular weight is 280 g/mol. The molecule has 1 aromatic rings. The molecule has 0 bridgehead atoms. The van der Waals surface area contributed by atoms with Crippen LogP contribution >= 0.6 is 11.3 Å². The van der Waals surface area contributed by atoms with Gasteiger partial charge in [-0.25, -0.2) is 0 Å². The molecule has 0 aliphatic carbocycles. The van der Waals surface area contributed by atoms with Gasteiger partial charge in [-0.15, -0.1) is 11.3 Å². The van der Waals surface area contributed by atoms with Crippen LogP contribution in [0, 0.1) is 5.92 Å². The zero-order chi connectivity index (χ0) is 13.8. The van der Waals surface area contributed by atoms with Gasteiger partial charge in [0.1, 0.15) is 0 Å². The molecule has 0 aromatic carbocycles. The zero-order valence-corrected chi connectivity index (χ0v) is 12.9. The summed E-state index contributed by atoms with van der Waals surface area (Å²) >= 11 is 1.76. The second-order valence-electron chi connectivity index (χ2n) is 5.69. The molecule has 1 aliphatic rings. The van der Waals surface area contributed by atoms with Crippen LogP contribution in [0.1, 0.15) is 37.6 Å². The van der Waals surface area contributed by atoms with Crippen LogP contribution in [0.4, 0.5) is 0 Å². The maximum atomic E-state index is 12.3. The van der Waals surface area contributed by atoms with Gasteiger partial charge in [0.2, 0.25) is 5.91 Å². The van der Waals surface area contributed by atoms with Crippen LogP contribution in [-0.4, -0.2) is 42.4 Å². The van der Waals surface area contributed by atoms with Gasteiger partial charge in [-0.3, -0.25) is 9.69 Å². The molecule has 1 amide bonds. The first-order chi connectivity index (χ1) is 9.08. The number of piperidine rings is 1. The van der Waals surface area contributed by atoms with E-state index in [0.29, 0.717) is 18.5 Å². The predicted octanol–water partition coefficient (Wildman–Crippen LogP) is 3.00. The molecule has 1 fully saturated rings. The molecule has 0 spiro atoms. The topological polar surface area (TPSA) is 23.6 Å². The number of hydrogen-bond donors (Lipinski definition) is 0. The van der Waals surface area contributed by atoms with Gasteiger partial charge >= 0.3 is 0 Å². The molecule has 2 rings (SSSR count). The number of hydrogen-bond acceptors (Lipinski definition) is 3. The van der Waals surface area contributed by atoms with Crippen molar-refractivity contribution in [2.75, 3.05) is 26.7 Å². The van der Waals surface area contributed by atoms with Crippen LogP contribution in [0.2, 0.25) is 0 Å². The molecule has 106 valence electrons. The number of amides is 1. The number of likely N-dealkylation sites (N-methyl/N-ethyl adjacent to an activating group) is 1. The number of carbonyl (C=O) groups is 1. The lowest BCUT2D eigenvalue weighted by Gasteiger charge is -2.33. The predicted molar refractivity (Wildman–Crippen MR) is 80.3 cm³/mol. The molecule has 19 heavy (non-hydrogen) atoms. The normalized spacial score (nSPS) is 21.7. The van der Waals surface area contributed by atoms with Crippen LogP contribution in [0.5, 0.6) is 0 Å². The van der Waals surface area contributed by atoms with Crippen molar-refractivity contribution in [1.29, 1.82) is 0 Å². The first kappa shape index (κ1) is 14.5. The van der Waals surface area contributed by atoms with Crippen molar-refractivity contribution in [2.45, 2.75) is 32.7 Å². The lowest BCUT2D eigenvalue weighted by atomic mass is 10.0. The molecular formula is C15H24N2OS. The Morgan fingerprint density at radius 1 is 1.63 bits per heavy atom. The molecule has 3 nitrogen and oxygen atoms in total. The Labute approximate surface area is 120 Å². The van der Waals surface area contributed by atoms with Crippen LogP contribution < -0.4 is 0 Å². The van der Waals surface area contributed by atoms with Crippen LogP contribution in [-0.2, 0) is 4.79 Å². The van der Waals surface area contributed by atoms with Crippen LogP contribution in [0.15, 0.2) is 17.5 Å². The maximum absolute atomic E-state index is 12.3. The summed E-state index contributed by atoms with van der Waals surface area (Å²) in [6.07, 6.45) is 2.41. The van der Waals surface area contributed by atoms with Gasteiger partial charge in [-0.2, -0.15) is 0 Å². The molecular weight excluding hydrogens is 256 g/mol. The quantitative estimate of drug-likeness (QED) is 0.846. The summed E-state index contributed by atoms with van der Waals surface area (Å²) in [5, 5.41) is 2.09. The monoisotopic (exact) mass is 280 g/mol. The van der Waals surface area contributed by atoms with Crippen molar-refractivity contribution in [3.05, 3.63) is 22.4 Å². The highest BCUT2D eigenvalue weighted by Crippen LogP contribution is 2.23. The summed E-state index contributed by atoms with van der Waals surface area (Å²) in [6, 6.07) is 4.52. The SMILES string of the molecule is CC1CCCN(C(=O)CN(C)C(C)c2cccs2)C1. The van der Waals surface area contributed by atoms with Crippen molar-refractivity contribution in [2.24, 2.45) is 5.92 Å². The Bertz CT molecular complexity index is 404. The molecule has 2 unspecified atom stereocenters. The van der Waals surface area contributed by atoms with E-state index in [1.54, 1.807) is 11.3 Å². The number of nitrogens with zero attached hydrogens (tertiary/aromatic N) is 2. The fraction of sp³-hybridized carbons (Fsp3) is 0.667. The van der Waals surface area contributed by atoms with Gasteiger partial charge in [0, 0.05) is 24.0 Å². The first-order valence-corrected chi connectivity index (χ1v) is 7.97. The van der Waals surface area contributed by atoms with E-state index >= 15 is 0 Å². The van der Waals surface area contributed by atoms with Crippen molar-refractivity contribution >= 4 is 17.2 Å². The van der Waals surface area contributed by atoms with Gasteiger partial charge in [-0.1, -0.05) is 13.0 Å². The Kier molecular flexibility index (Phi) is 4.99. The molecule has 1 aromatic heterocycles. The van der Waals surface area contributed by atoms with E-state index in [9.17, 15) is 4.79 Å². The lowest BCUT2D eigenvalue weighted by molar-refractivity contribution is -0.134. The summed E-state index contributed by atoms with van der Waals surface area (Å²) in [6.45, 7) is 6.78. The Hall–Kier alpha value is -0.870. The molecule has 1 saturated heterocycles. The van der Waals surface area contributed by atoms with Gasteiger partial charge < -0.3 is 4.90 Å². The van der Waals surface area contributed by atoms with Crippen molar-refractivity contribution in [3.8, 4) is 0 Å². The molecule has 4 heteroatoms. The fourth-order valence-electron chi connectivity index (χ4n) is 2.61. The highest BCUT2D eigenvalue weighted by molar-refractivity contribution is 7.10. The third-order valence-corrected chi connectivity index (χ3v) is 5.05. The van der Waals surface area contributed by atoms with Crippen molar-refractivity contribution in [1.82, 2.24) is 9.80 Å². The van der Waals surface area contributed by atoms with E-state index in [0.717, 1.165) is 19.5 Å². The minimum Gasteiger partial charge on any atom is -0.341 e. The maximum Gasteiger partial charge on any atom is 0.236 e. The lowest BCUT2D eigenvalue weighted by Crippen LogP contribution is -2.44. The first-order valence-electron chi connectivity index (χ1n) is 7.09. The average Bonchev–Trinajstić information content (AvgIpc) is 2.91. The van der Waals surface area contributed by atoms with E-state index in [2.05, 4.69) is 36.3 Å². The van der Waals surface area contributed by atoms with E-state index in [4.69, 9.17) is 0 Å². The number of thiophene rings is 1. The summed E-state index contributed by atoms with van der Waals surface area (Å²) < 4.78 is 0. The van der Waals surface area contributed by atoms with Crippen LogP contribution in [0.25, 0.3) is 0 Å². The van der Waals surface area contributed by atoms with Crippen molar-refractivity contribution in [3.63, 3.8) is 0 Å². The zero-order valence-electron chi connectivity index (χ0n) is 12.1. The largest absolute Gasteiger partial charge is 0.341 e. The molecule has 0 N–H and O–H groups in total. The highest BCUT2D eigenvalue weighted by atomic mass is 32.1. The summed E-state index contributed by atoms with van der Waals surface area (Å²) in [5.74, 6) is 0.926. The second kappa shape index (κ2) is 6.53. The molecule has 1 aliphatic heterocycles. The van der Waals surface area contributed by atoms with Gasteiger partial charge in [0.05, 0.1) is 6.54 Å². The number of rotatable bonds is 4. The third kappa shape index (κ3) is 3.80. The fourth-order valence-corrected chi connectivity index (χ4v) is 3.46. The second-order valence-corrected chi connectivity index (χ2v) is 6.67. The van der Waals surface area contributed by atoms with E-state index in [1.165, 1.54) is 11.3 Å². The van der Waals surface area contributed by atoms with Gasteiger partial charge in [0.15, 0.2) is 0 Å². The smallest absolute Gasteiger partial charge is 0.236 e. The number of carbonyl (C=O) groups excluding carboxylic acids is 1. The Morgan fingerprint density at radius 3 is 3.05 bits per heavy atom. The summed E-state index contributed by atoms with van der Waals surface area (Å²) in [4.78, 5) is 17.8. The third-order valence-electron chi connectivity index (χ3n) is 4.01. The van der Waals surface area contributed by atoms with Crippen LogP contribution in [0.3, 0.4) is 0 Å². The minimum atomic E-state index is 0.275. The summed E-state index contributed by atoms with van der Waals surface area (Å²) in [5.41, 5.74) is 0. The summed E-state index contributed by atoms with van der Waals surface area (Å²) in [7, 11) is 2.04. The Morgan fingerprint density at radius 2 is 2.42 bits per heavy atom. The minimum absolute atomic E-state index is 0.275. The highest BCUT2D eigenvalue weighted by Gasteiger charge is 2.23.